The molecular formula is C13H26N2O3. The molecule has 0 bridgehead atoms. The van der Waals surface area contributed by atoms with Crippen LogP contribution in [-0.4, -0.2) is 29.6 Å². The maximum absolute atomic E-state index is 11.5. The molecule has 0 rings (SSSR count). The third-order valence-corrected chi connectivity index (χ3v) is 2.68. The first kappa shape index (κ1) is 16.9. The van der Waals surface area contributed by atoms with E-state index in [9.17, 15) is 9.59 Å². The van der Waals surface area contributed by atoms with Gasteiger partial charge in [-0.25, -0.2) is 0 Å². The summed E-state index contributed by atoms with van der Waals surface area (Å²) in [5.74, 6) is -0.436. The number of hydrogen-bond donors (Lipinski definition) is 3. The maximum atomic E-state index is 11.5. The second kappa shape index (κ2) is 8.91. The van der Waals surface area contributed by atoms with Crippen LogP contribution in [-0.2, 0) is 9.59 Å². The standard InChI is InChI=1S/C13H26N2O3/c1-9(2)6-11(7-13(17)18)8-15-12(16)5-4-10(3)14/h9-11H,4-8,14H2,1-3H3,(H,15,16)(H,17,18)/t10?,11-/m0/s1. The van der Waals surface area contributed by atoms with Crippen molar-refractivity contribution < 1.29 is 14.7 Å². The number of carboxylic acids is 1. The minimum absolute atomic E-state index is 0.00162. The molecule has 0 aromatic heterocycles. The quantitative estimate of drug-likeness (QED) is 0.582. The molecule has 106 valence electrons. The molecule has 0 aromatic rings. The van der Waals surface area contributed by atoms with E-state index in [1.165, 1.54) is 0 Å². The van der Waals surface area contributed by atoms with E-state index in [1.54, 1.807) is 0 Å². The lowest BCUT2D eigenvalue weighted by Crippen LogP contribution is -2.31. The largest absolute Gasteiger partial charge is 0.481 e. The molecule has 0 fully saturated rings. The van der Waals surface area contributed by atoms with Gasteiger partial charge in [-0.2, -0.15) is 0 Å². The average molecular weight is 258 g/mol. The summed E-state index contributed by atoms with van der Waals surface area (Å²) in [6, 6.07) is 0.0150. The Morgan fingerprint density at radius 3 is 2.33 bits per heavy atom. The first-order chi connectivity index (χ1) is 8.31. The second-order valence-electron chi connectivity index (χ2n) is 5.41. The van der Waals surface area contributed by atoms with Gasteiger partial charge in [0.15, 0.2) is 0 Å². The number of rotatable bonds is 9. The van der Waals surface area contributed by atoms with Crippen LogP contribution in [0.15, 0.2) is 0 Å². The van der Waals surface area contributed by atoms with Crippen LogP contribution < -0.4 is 11.1 Å². The molecule has 0 saturated carbocycles. The molecule has 2 atom stereocenters. The predicted octanol–water partition coefficient (Wildman–Crippen LogP) is 1.37. The fourth-order valence-corrected chi connectivity index (χ4v) is 1.86. The van der Waals surface area contributed by atoms with Gasteiger partial charge in [-0.05, 0) is 31.6 Å². The summed E-state index contributed by atoms with van der Waals surface area (Å²) < 4.78 is 0. The van der Waals surface area contributed by atoms with Crippen LogP contribution >= 0.6 is 0 Å². The summed E-state index contributed by atoms with van der Waals surface area (Å²) in [4.78, 5) is 22.2. The first-order valence-electron chi connectivity index (χ1n) is 6.55. The third-order valence-electron chi connectivity index (χ3n) is 2.68. The van der Waals surface area contributed by atoms with Gasteiger partial charge in [0.05, 0.1) is 0 Å². The molecule has 0 heterocycles. The second-order valence-corrected chi connectivity index (χ2v) is 5.41. The van der Waals surface area contributed by atoms with Crippen LogP contribution in [0.5, 0.6) is 0 Å². The summed E-state index contributed by atoms with van der Waals surface area (Å²) in [6.45, 7) is 6.39. The maximum Gasteiger partial charge on any atom is 0.303 e. The van der Waals surface area contributed by atoms with Gasteiger partial charge in [0, 0.05) is 25.4 Å². The number of hydrogen-bond acceptors (Lipinski definition) is 3. The van der Waals surface area contributed by atoms with Crippen LogP contribution in [0.25, 0.3) is 0 Å². The zero-order chi connectivity index (χ0) is 14.1. The summed E-state index contributed by atoms with van der Waals surface area (Å²) in [6.07, 6.45) is 1.96. The Kier molecular flexibility index (Phi) is 8.37. The third kappa shape index (κ3) is 10.1. The number of nitrogens with two attached hydrogens (primary N) is 1. The van der Waals surface area contributed by atoms with Crippen molar-refractivity contribution in [3.63, 3.8) is 0 Å². The van der Waals surface area contributed by atoms with E-state index in [0.717, 1.165) is 6.42 Å². The van der Waals surface area contributed by atoms with Gasteiger partial charge < -0.3 is 16.2 Å². The Hall–Kier alpha value is -1.10. The summed E-state index contributed by atoms with van der Waals surface area (Å²) in [5, 5.41) is 11.6. The van der Waals surface area contributed by atoms with Gasteiger partial charge in [-0.3, -0.25) is 9.59 Å². The van der Waals surface area contributed by atoms with Crippen molar-refractivity contribution in [2.45, 2.75) is 52.5 Å². The first-order valence-corrected chi connectivity index (χ1v) is 6.55. The molecule has 4 N–H and O–H groups in total. The highest BCUT2D eigenvalue weighted by molar-refractivity contribution is 5.76. The normalized spacial score (nSPS) is 14.3. The molecule has 5 heteroatoms. The number of nitrogens with one attached hydrogen (secondary N) is 1. The smallest absolute Gasteiger partial charge is 0.303 e. The van der Waals surface area contributed by atoms with E-state index in [0.29, 0.717) is 25.3 Å². The molecule has 1 unspecified atom stereocenters. The van der Waals surface area contributed by atoms with Crippen molar-refractivity contribution in [3.8, 4) is 0 Å². The minimum atomic E-state index is -0.814. The zero-order valence-electron chi connectivity index (χ0n) is 11.6. The zero-order valence-corrected chi connectivity index (χ0v) is 11.6. The highest BCUT2D eigenvalue weighted by Crippen LogP contribution is 2.14. The fourth-order valence-electron chi connectivity index (χ4n) is 1.86. The number of carbonyl (C=O) groups is 2. The monoisotopic (exact) mass is 258 g/mol. The lowest BCUT2D eigenvalue weighted by molar-refractivity contribution is -0.138. The van der Waals surface area contributed by atoms with E-state index < -0.39 is 5.97 Å². The van der Waals surface area contributed by atoms with Crippen molar-refractivity contribution in [2.24, 2.45) is 17.6 Å². The van der Waals surface area contributed by atoms with Crippen molar-refractivity contribution in [3.05, 3.63) is 0 Å². The van der Waals surface area contributed by atoms with Gasteiger partial charge >= 0.3 is 5.97 Å². The topological polar surface area (TPSA) is 92.4 Å². The van der Waals surface area contributed by atoms with Gasteiger partial charge in [0.2, 0.25) is 5.91 Å². The predicted molar refractivity (Wildman–Crippen MR) is 71.1 cm³/mol. The number of aliphatic carboxylic acids is 1. The summed E-state index contributed by atoms with van der Waals surface area (Å²) >= 11 is 0. The lowest BCUT2D eigenvalue weighted by Gasteiger charge is -2.18. The van der Waals surface area contributed by atoms with Crippen molar-refractivity contribution in [1.29, 1.82) is 0 Å². The minimum Gasteiger partial charge on any atom is -0.481 e. The molecule has 0 spiro atoms. The molecule has 1 amide bonds. The van der Waals surface area contributed by atoms with Crippen molar-refractivity contribution in [1.82, 2.24) is 5.32 Å². The van der Waals surface area contributed by atoms with Crippen LogP contribution in [0.4, 0.5) is 0 Å². The van der Waals surface area contributed by atoms with E-state index in [2.05, 4.69) is 5.32 Å². The average Bonchev–Trinajstić information content (AvgIpc) is 2.21. The van der Waals surface area contributed by atoms with E-state index in [1.807, 2.05) is 20.8 Å². The number of amides is 1. The Morgan fingerprint density at radius 2 is 1.89 bits per heavy atom. The molecule has 0 saturated heterocycles. The Labute approximate surface area is 109 Å². The van der Waals surface area contributed by atoms with Crippen LogP contribution in [0.2, 0.25) is 0 Å². The fraction of sp³-hybridized carbons (Fsp3) is 0.846. The van der Waals surface area contributed by atoms with E-state index in [4.69, 9.17) is 10.8 Å². The SMILES string of the molecule is CC(C)C[C@H](CNC(=O)CCC(C)N)CC(=O)O. The molecule has 0 aliphatic rings. The summed E-state index contributed by atoms with van der Waals surface area (Å²) in [5.41, 5.74) is 5.57. The number of carboxylic acid groups (broad SMARTS) is 1. The lowest BCUT2D eigenvalue weighted by atomic mass is 9.94. The Balaban J connectivity index is 4.00. The molecule has 0 aliphatic carbocycles. The van der Waals surface area contributed by atoms with Crippen LogP contribution in [0, 0.1) is 11.8 Å². The molecule has 18 heavy (non-hydrogen) atoms. The van der Waals surface area contributed by atoms with Crippen molar-refractivity contribution >= 4 is 11.9 Å². The van der Waals surface area contributed by atoms with E-state index >= 15 is 0 Å². The molecule has 5 nitrogen and oxygen atoms in total. The van der Waals surface area contributed by atoms with Crippen molar-refractivity contribution in [2.75, 3.05) is 6.54 Å². The van der Waals surface area contributed by atoms with E-state index in [-0.39, 0.29) is 24.3 Å². The highest BCUT2D eigenvalue weighted by atomic mass is 16.4. The highest BCUT2D eigenvalue weighted by Gasteiger charge is 2.16. The van der Waals surface area contributed by atoms with Gasteiger partial charge in [-0.15, -0.1) is 0 Å². The number of carbonyl (C=O) groups excluding carboxylic acids is 1. The molecule has 0 aromatic carbocycles. The van der Waals surface area contributed by atoms with Gasteiger partial charge in [0.1, 0.15) is 0 Å². The van der Waals surface area contributed by atoms with Gasteiger partial charge in [0.25, 0.3) is 0 Å². The van der Waals surface area contributed by atoms with Crippen LogP contribution in [0.1, 0.15) is 46.5 Å². The Morgan fingerprint density at radius 1 is 1.28 bits per heavy atom. The van der Waals surface area contributed by atoms with Gasteiger partial charge in [-0.1, -0.05) is 13.8 Å². The molecule has 0 aliphatic heterocycles. The van der Waals surface area contributed by atoms with Crippen LogP contribution in [0.3, 0.4) is 0 Å². The Bertz CT molecular complexity index is 265. The molecule has 0 radical (unpaired) electrons. The molecular weight excluding hydrogens is 232 g/mol. The summed E-state index contributed by atoms with van der Waals surface area (Å²) in [7, 11) is 0.